The van der Waals surface area contributed by atoms with Crippen LogP contribution in [0.3, 0.4) is 0 Å². The molecule has 0 bridgehead atoms. The van der Waals surface area contributed by atoms with Crippen molar-refractivity contribution in [1.29, 1.82) is 0 Å². The Hall–Kier alpha value is 0.250. The third-order valence-corrected chi connectivity index (χ3v) is 8.51. The Morgan fingerprint density at radius 3 is 1.90 bits per heavy atom. The van der Waals surface area contributed by atoms with Gasteiger partial charge < -0.3 is 18.6 Å². The standard InChI is InChI=1S/C19H36F3N2O3PS2/c1-16(2)24(17(3)4)28(27-13-10-23-7)26-12-9-15-30-29-14-8-11-25-18(5,6)19(20,21)22/h16-17H,8-15H2,1-6H3. The molecule has 0 aromatic rings. The van der Waals surface area contributed by atoms with Gasteiger partial charge in [-0.15, -0.1) is 0 Å². The Balaban J connectivity index is 4.02. The van der Waals surface area contributed by atoms with Gasteiger partial charge in [0.15, 0.2) is 5.60 Å². The van der Waals surface area contributed by atoms with Gasteiger partial charge in [0.2, 0.25) is 6.54 Å². The first-order valence-corrected chi connectivity index (χ1v) is 13.7. The molecule has 0 heterocycles. The highest BCUT2D eigenvalue weighted by Crippen LogP contribution is 2.46. The summed E-state index contributed by atoms with van der Waals surface area (Å²) in [6.07, 6.45) is -2.93. The number of ether oxygens (including phenoxy) is 1. The average Bonchev–Trinajstić information content (AvgIpc) is 2.61. The number of halogens is 3. The predicted octanol–water partition coefficient (Wildman–Crippen LogP) is 6.80. The maximum atomic E-state index is 12.7. The van der Waals surface area contributed by atoms with Gasteiger partial charge in [-0.3, -0.25) is 0 Å². The molecular weight excluding hydrogens is 456 g/mol. The van der Waals surface area contributed by atoms with Gasteiger partial charge in [-0.25, -0.2) is 11.2 Å². The van der Waals surface area contributed by atoms with Crippen LogP contribution < -0.4 is 0 Å². The van der Waals surface area contributed by atoms with E-state index in [-0.39, 0.29) is 18.7 Å². The van der Waals surface area contributed by atoms with Crippen molar-refractivity contribution in [2.75, 3.05) is 37.9 Å². The first-order chi connectivity index (χ1) is 13.9. The van der Waals surface area contributed by atoms with E-state index in [0.29, 0.717) is 26.2 Å². The zero-order valence-electron chi connectivity index (χ0n) is 18.8. The number of rotatable bonds is 17. The Kier molecular flexibility index (Phi) is 16.1. The van der Waals surface area contributed by atoms with Crippen LogP contribution in [0.15, 0.2) is 0 Å². The average molecular weight is 493 g/mol. The molecule has 0 N–H and O–H groups in total. The summed E-state index contributed by atoms with van der Waals surface area (Å²) < 4.78 is 57.1. The molecular formula is C19H36F3N2O3PS2. The highest BCUT2D eigenvalue weighted by atomic mass is 33.1. The number of alkyl halides is 3. The molecule has 0 aliphatic rings. The molecule has 0 rings (SSSR count). The van der Waals surface area contributed by atoms with Gasteiger partial charge in [-0.2, -0.15) is 13.2 Å². The molecule has 0 spiro atoms. The molecule has 0 amide bonds. The van der Waals surface area contributed by atoms with Crippen molar-refractivity contribution in [2.45, 2.75) is 78.2 Å². The molecule has 0 saturated carbocycles. The van der Waals surface area contributed by atoms with Crippen LogP contribution in [0, 0.1) is 6.57 Å². The summed E-state index contributed by atoms with van der Waals surface area (Å²) in [6.45, 7) is 18.7. The van der Waals surface area contributed by atoms with Crippen molar-refractivity contribution in [3.63, 3.8) is 0 Å². The van der Waals surface area contributed by atoms with Crippen LogP contribution in [0.2, 0.25) is 0 Å². The fourth-order valence-corrected chi connectivity index (χ4v) is 5.95. The van der Waals surface area contributed by atoms with E-state index in [2.05, 4.69) is 37.2 Å². The van der Waals surface area contributed by atoms with Gasteiger partial charge in [-0.05, 0) is 54.4 Å². The molecule has 0 fully saturated rings. The highest BCUT2D eigenvalue weighted by molar-refractivity contribution is 8.76. The monoisotopic (exact) mass is 492 g/mol. The van der Waals surface area contributed by atoms with E-state index in [1.807, 2.05) is 0 Å². The van der Waals surface area contributed by atoms with E-state index >= 15 is 0 Å². The number of hydrogen-bond donors (Lipinski definition) is 0. The summed E-state index contributed by atoms with van der Waals surface area (Å²) in [6, 6.07) is 0.553. The van der Waals surface area contributed by atoms with Crippen LogP contribution in [-0.2, 0) is 13.8 Å². The SMILES string of the molecule is [C-]#[N+]CCOP(OCCCSSCCCOC(C)(C)C(F)(F)F)N(C(C)C)C(C)C. The van der Waals surface area contributed by atoms with Crippen molar-refractivity contribution in [3.05, 3.63) is 11.4 Å². The summed E-state index contributed by atoms with van der Waals surface area (Å²) in [5.74, 6) is 1.62. The van der Waals surface area contributed by atoms with Gasteiger partial charge in [0.25, 0.3) is 8.53 Å². The van der Waals surface area contributed by atoms with E-state index < -0.39 is 20.3 Å². The van der Waals surface area contributed by atoms with Crippen molar-refractivity contribution >= 4 is 30.1 Å². The largest absolute Gasteiger partial charge is 0.416 e. The van der Waals surface area contributed by atoms with Crippen molar-refractivity contribution in [2.24, 2.45) is 0 Å². The highest BCUT2D eigenvalue weighted by Gasteiger charge is 2.48. The van der Waals surface area contributed by atoms with E-state index in [1.54, 1.807) is 21.6 Å². The van der Waals surface area contributed by atoms with Gasteiger partial charge >= 0.3 is 6.18 Å². The molecule has 11 heteroatoms. The Morgan fingerprint density at radius 2 is 1.43 bits per heavy atom. The van der Waals surface area contributed by atoms with Gasteiger partial charge in [0, 0.05) is 30.2 Å². The van der Waals surface area contributed by atoms with E-state index in [4.69, 9.17) is 20.4 Å². The van der Waals surface area contributed by atoms with Gasteiger partial charge in [0.05, 0.1) is 6.61 Å². The van der Waals surface area contributed by atoms with E-state index in [1.165, 1.54) is 0 Å². The van der Waals surface area contributed by atoms with E-state index in [0.717, 1.165) is 31.8 Å². The summed E-state index contributed by atoms with van der Waals surface area (Å²) in [5.41, 5.74) is -2.10. The zero-order valence-corrected chi connectivity index (χ0v) is 21.4. The van der Waals surface area contributed by atoms with Crippen LogP contribution in [-0.4, -0.2) is 66.4 Å². The molecule has 1 atom stereocenters. The Bertz CT molecular complexity index is 485. The molecule has 0 aromatic heterocycles. The lowest BCUT2D eigenvalue weighted by Crippen LogP contribution is -2.42. The molecule has 0 saturated heterocycles. The molecule has 0 radical (unpaired) electrons. The molecule has 0 aliphatic heterocycles. The van der Waals surface area contributed by atoms with Gasteiger partial charge in [0.1, 0.15) is 6.61 Å². The second kappa shape index (κ2) is 16.0. The maximum absolute atomic E-state index is 12.7. The molecule has 1 unspecified atom stereocenters. The molecule has 178 valence electrons. The third-order valence-electron chi connectivity index (χ3n) is 3.83. The summed E-state index contributed by atoms with van der Waals surface area (Å²) in [7, 11) is 2.11. The fraction of sp³-hybridized carbons (Fsp3) is 0.947. The zero-order chi connectivity index (χ0) is 23.2. The summed E-state index contributed by atoms with van der Waals surface area (Å²) in [5, 5.41) is 0. The minimum absolute atomic E-state index is 0.0929. The smallest absolute Gasteiger partial charge is 0.366 e. The molecule has 5 nitrogen and oxygen atoms in total. The quantitative estimate of drug-likeness (QED) is 0.0961. The first-order valence-electron chi connectivity index (χ1n) is 10.1. The predicted molar refractivity (Wildman–Crippen MR) is 123 cm³/mol. The minimum Gasteiger partial charge on any atom is -0.366 e. The van der Waals surface area contributed by atoms with Crippen molar-refractivity contribution in [1.82, 2.24) is 4.67 Å². The topological polar surface area (TPSA) is 35.3 Å². The number of nitrogens with zero attached hydrogens (tertiary/aromatic N) is 2. The van der Waals surface area contributed by atoms with Crippen LogP contribution in [0.5, 0.6) is 0 Å². The molecule has 30 heavy (non-hydrogen) atoms. The second-order valence-corrected chi connectivity index (χ2v) is 11.7. The molecule has 0 aliphatic carbocycles. The Labute approximate surface area is 189 Å². The maximum Gasteiger partial charge on any atom is 0.416 e. The second-order valence-electron chi connectivity index (χ2n) is 7.56. The normalized spacial score (nSPS) is 14.0. The van der Waals surface area contributed by atoms with Crippen molar-refractivity contribution < 1.29 is 27.0 Å². The fourth-order valence-electron chi connectivity index (χ4n) is 2.21. The first kappa shape index (κ1) is 30.2. The Morgan fingerprint density at radius 1 is 0.933 bits per heavy atom. The third kappa shape index (κ3) is 12.9. The van der Waals surface area contributed by atoms with Crippen molar-refractivity contribution in [3.8, 4) is 0 Å². The van der Waals surface area contributed by atoms with Crippen LogP contribution in [0.1, 0.15) is 54.4 Å². The molecule has 0 aromatic carbocycles. The van der Waals surface area contributed by atoms with Gasteiger partial charge in [-0.1, -0.05) is 21.6 Å². The lowest BCUT2D eigenvalue weighted by molar-refractivity contribution is -0.263. The van der Waals surface area contributed by atoms with Crippen LogP contribution in [0.4, 0.5) is 13.2 Å². The van der Waals surface area contributed by atoms with Crippen LogP contribution in [0.25, 0.3) is 4.85 Å². The summed E-state index contributed by atoms with van der Waals surface area (Å²) >= 11 is 0. The minimum atomic E-state index is -4.35. The van der Waals surface area contributed by atoms with E-state index in [9.17, 15) is 13.2 Å². The lowest BCUT2D eigenvalue weighted by Gasteiger charge is -2.35. The number of hydrogen-bond acceptors (Lipinski definition) is 6. The lowest BCUT2D eigenvalue weighted by atomic mass is 10.1. The van der Waals surface area contributed by atoms with Crippen LogP contribution >= 0.6 is 30.1 Å². The summed E-state index contributed by atoms with van der Waals surface area (Å²) in [4.78, 5) is 3.32.